The summed E-state index contributed by atoms with van der Waals surface area (Å²) in [5.41, 5.74) is 8.19. The monoisotopic (exact) mass is 392 g/mol. The van der Waals surface area contributed by atoms with Crippen LogP contribution in [-0.2, 0) is 9.53 Å². The van der Waals surface area contributed by atoms with Crippen molar-refractivity contribution in [2.75, 3.05) is 19.7 Å². The summed E-state index contributed by atoms with van der Waals surface area (Å²) in [6.45, 7) is 3.39. The summed E-state index contributed by atoms with van der Waals surface area (Å²) < 4.78 is 5.84. The van der Waals surface area contributed by atoms with Gasteiger partial charge in [0.05, 0.1) is 29.1 Å². The average Bonchev–Trinajstić information content (AvgIpc) is 2.69. The molecule has 6 heteroatoms. The lowest BCUT2D eigenvalue weighted by molar-refractivity contribution is -0.143. The minimum absolute atomic E-state index is 0.0368. The molecule has 0 radical (unpaired) electrons. The van der Waals surface area contributed by atoms with Gasteiger partial charge in [0, 0.05) is 12.6 Å². The Morgan fingerprint density at radius 3 is 2.62 bits per heavy atom. The van der Waals surface area contributed by atoms with Gasteiger partial charge >= 0.3 is 0 Å². The maximum absolute atomic E-state index is 13.0. The zero-order chi connectivity index (χ0) is 18.7. The van der Waals surface area contributed by atoms with Crippen LogP contribution in [0.3, 0.4) is 0 Å². The number of carbonyl (C=O) groups is 1. The Morgan fingerprint density at radius 1 is 1.19 bits per heavy atom. The highest BCUT2D eigenvalue weighted by Gasteiger charge is 2.31. The van der Waals surface area contributed by atoms with E-state index in [0.29, 0.717) is 29.7 Å². The first-order chi connectivity index (χ1) is 12.5. The standard InChI is InChI=1S/C20H22Cl2N2O2/c1-13(19(23)14-5-3-2-4-6-14)20(25)24-9-10-26-18(12-24)15-7-8-16(21)17(22)11-15/h2-8,11,13,18-19H,9-10,12,23H2,1H3. The van der Waals surface area contributed by atoms with E-state index in [1.165, 1.54) is 0 Å². The largest absolute Gasteiger partial charge is 0.370 e. The maximum atomic E-state index is 13.0. The predicted octanol–water partition coefficient (Wildman–Crippen LogP) is 4.23. The third-order valence-electron chi connectivity index (χ3n) is 4.81. The van der Waals surface area contributed by atoms with Crippen LogP contribution in [0.15, 0.2) is 48.5 Å². The second-order valence-corrected chi connectivity index (χ2v) is 7.36. The van der Waals surface area contributed by atoms with Gasteiger partial charge in [-0.1, -0.05) is 66.5 Å². The Morgan fingerprint density at radius 2 is 1.92 bits per heavy atom. The van der Waals surface area contributed by atoms with E-state index in [9.17, 15) is 4.79 Å². The normalized spacial score (nSPS) is 19.8. The van der Waals surface area contributed by atoms with Gasteiger partial charge in [0.1, 0.15) is 6.10 Å². The van der Waals surface area contributed by atoms with Gasteiger partial charge in [0.15, 0.2) is 0 Å². The van der Waals surface area contributed by atoms with E-state index in [4.69, 9.17) is 33.7 Å². The molecular formula is C20H22Cl2N2O2. The fourth-order valence-electron chi connectivity index (χ4n) is 3.17. The number of carbonyl (C=O) groups excluding carboxylic acids is 1. The predicted molar refractivity (Wildman–Crippen MR) is 104 cm³/mol. The third kappa shape index (κ3) is 4.21. The molecule has 2 N–H and O–H groups in total. The van der Waals surface area contributed by atoms with Crippen molar-refractivity contribution < 1.29 is 9.53 Å². The van der Waals surface area contributed by atoms with Crippen molar-refractivity contribution in [1.82, 2.24) is 4.90 Å². The summed E-state index contributed by atoms with van der Waals surface area (Å²) in [7, 11) is 0. The first-order valence-corrected chi connectivity index (χ1v) is 9.39. The number of nitrogens with zero attached hydrogens (tertiary/aromatic N) is 1. The van der Waals surface area contributed by atoms with Gasteiger partial charge in [-0.2, -0.15) is 0 Å². The van der Waals surface area contributed by atoms with Crippen molar-refractivity contribution >= 4 is 29.1 Å². The Labute approximate surface area is 163 Å². The molecule has 4 nitrogen and oxygen atoms in total. The Bertz CT molecular complexity index is 770. The van der Waals surface area contributed by atoms with Gasteiger partial charge in [0.25, 0.3) is 0 Å². The van der Waals surface area contributed by atoms with E-state index in [1.807, 2.05) is 48.2 Å². The number of morpholine rings is 1. The van der Waals surface area contributed by atoms with Gasteiger partial charge in [-0.05, 0) is 23.3 Å². The second kappa shape index (κ2) is 8.40. The van der Waals surface area contributed by atoms with E-state index < -0.39 is 0 Å². The topological polar surface area (TPSA) is 55.6 Å². The molecule has 1 fully saturated rings. The van der Waals surface area contributed by atoms with Crippen LogP contribution in [0.5, 0.6) is 0 Å². The molecule has 0 aromatic heterocycles. The van der Waals surface area contributed by atoms with Gasteiger partial charge in [0.2, 0.25) is 5.91 Å². The average molecular weight is 393 g/mol. The molecule has 3 rings (SSSR count). The molecule has 2 aromatic rings. The zero-order valence-electron chi connectivity index (χ0n) is 14.6. The van der Waals surface area contributed by atoms with Crippen LogP contribution in [0.2, 0.25) is 10.0 Å². The van der Waals surface area contributed by atoms with Crippen LogP contribution in [0.1, 0.15) is 30.2 Å². The minimum Gasteiger partial charge on any atom is -0.370 e. The fourth-order valence-corrected chi connectivity index (χ4v) is 3.48. The molecule has 0 saturated carbocycles. The van der Waals surface area contributed by atoms with Crippen molar-refractivity contribution in [3.63, 3.8) is 0 Å². The lowest BCUT2D eigenvalue weighted by Gasteiger charge is -2.35. The maximum Gasteiger partial charge on any atom is 0.227 e. The van der Waals surface area contributed by atoms with Crippen molar-refractivity contribution in [2.45, 2.75) is 19.1 Å². The number of hydrogen-bond donors (Lipinski definition) is 1. The second-order valence-electron chi connectivity index (χ2n) is 6.54. The summed E-state index contributed by atoms with van der Waals surface area (Å²) in [5.74, 6) is -0.278. The number of hydrogen-bond acceptors (Lipinski definition) is 3. The highest BCUT2D eigenvalue weighted by Crippen LogP contribution is 2.30. The molecule has 0 bridgehead atoms. The SMILES string of the molecule is CC(C(=O)N1CCOC(c2ccc(Cl)c(Cl)c2)C1)C(N)c1ccccc1. The summed E-state index contributed by atoms with van der Waals surface area (Å²) in [6.07, 6.45) is -0.220. The molecule has 1 aliphatic rings. The Hall–Kier alpha value is -1.59. The number of rotatable bonds is 4. The first-order valence-electron chi connectivity index (χ1n) is 8.63. The molecule has 2 aromatic carbocycles. The van der Waals surface area contributed by atoms with Crippen LogP contribution >= 0.6 is 23.2 Å². The molecule has 26 heavy (non-hydrogen) atoms. The highest BCUT2D eigenvalue weighted by atomic mass is 35.5. The van der Waals surface area contributed by atoms with Crippen LogP contribution in [0, 0.1) is 5.92 Å². The van der Waals surface area contributed by atoms with Crippen LogP contribution in [0.25, 0.3) is 0 Å². The van der Waals surface area contributed by atoms with Crippen LogP contribution in [0.4, 0.5) is 0 Å². The van der Waals surface area contributed by atoms with E-state index >= 15 is 0 Å². The lowest BCUT2D eigenvalue weighted by Crippen LogP contribution is -2.46. The lowest BCUT2D eigenvalue weighted by atomic mass is 9.93. The van der Waals surface area contributed by atoms with Crippen LogP contribution < -0.4 is 5.73 Å². The molecule has 1 aliphatic heterocycles. The van der Waals surface area contributed by atoms with Crippen molar-refractivity contribution in [3.8, 4) is 0 Å². The molecule has 0 aliphatic carbocycles. The number of amides is 1. The summed E-state index contributed by atoms with van der Waals surface area (Å²) in [4.78, 5) is 14.8. The molecule has 1 amide bonds. The molecule has 1 saturated heterocycles. The number of benzene rings is 2. The molecule has 0 spiro atoms. The van der Waals surface area contributed by atoms with Gasteiger partial charge < -0.3 is 15.4 Å². The summed E-state index contributed by atoms with van der Waals surface area (Å²) in [5, 5.41) is 0.984. The van der Waals surface area contributed by atoms with Gasteiger partial charge in [-0.3, -0.25) is 4.79 Å². The number of ether oxygens (including phenoxy) is 1. The first kappa shape index (κ1) is 19.2. The number of nitrogens with two attached hydrogens (primary N) is 1. The number of halogens is 2. The summed E-state index contributed by atoms with van der Waals surface area (Å²) in [6, 6.07) is 14.8. The van der Waals surface area contributed by atoms with E-state index in [-0.39, 0.29) is 24.0 Å². The van der Waals surface area contributed by atoms with Crippen molar-refractivity contribution in [1.29, 1.82) is 0 Å². The minimum atomic E-state index is -0.338. The molecule has 3 atom stereocenters. The van der Waals surface area contributed by atoms with Gasteiger partial charge in [-0.15, -0.1) is 0 Å². The Kier molecular flexibility index (Phi) is 6.20. The zero-order valence-corrected chi connectivity index (χ0v) is 16.1. The molecular weight excluding hydrogens is 371 g/mol. The Balaban J connectivity index is 1.70. The highest BCUT2D eigenvalue weighted by molar-refractivity contribution is 6.42. The van der Waals surface area contributed by atoms with Gasteiger partial charge in [-0.25, -0.2) is 0 Å². The van der Waals surface area contributed by atoms with Crippen molar-refractivity contribution in [3.05, 3.63) is 69.7 Å². The van der Waals surface area contributed by atoms with E-state index in [1.54, 1.807) is 12.1 Å². The molecule has 1 heterocycles. The van der Waals surface area contributed by atoms with Crippen molar-refractivity contribution in [2.24, 2.45) is 11.7 Å². The quantitative estimate of drug-likeness (QED) is 0.846. The smallest absolute Gasteiger partial charge is 0.227 e. The van der Waals surface area contributed by atoms with Crippen LogP contribution in [-0.4, -0.2) is 30.5 Å². The molecule has 3 unspecified atom stereocenters. The molecule has 138 valence electrons. The third-order valence-corrected chi connectivity index (χ3v) is 5.55. The fraction of sp³-hybridized carbons (Fsp3) is 0.350. The van der Waals surface area contributed by atoms with E-state index in [2.05, 4.69) is 0 Å². The van der Waals surface area contributed by atoms with E-state index in [0.717, 1.165) is 11.1 Å². The summed E-state index contributed by atoms with van der Waals surface area (Å²) >= 11 is 12.1.